The molecule has 0 bridgehead atoms. The molecule has 0 N–H and O–H groups in total. The molecule has 0 saturated carbocycles. The molecule has 1 aliphatic heterocycles. The Morgan fingerprint density at radius 1 is 1.35 bits per heavy atom. The van der Waals surface area contributed by atoms with Gasteiger partial charge in [-0.05, 0) is 38.0 Å². The van der Waals surface area contributed by atoms with Crippen LogP contribution in [0.4, 0.5) is 5.82 Å². The Hall–Kier alpha value is -2.50. The van der Waals surface area contributed by atoms with Crippen molar-refractivity contribution in [2.45, 2.75) is 25.7 Å². The molecule has 23 heavy (non-hydrogen) atoms. The lowest BCUT2D eigenvalue weighted by Crippen LogP contribution is -2.35. The van der Waals surface area contributed by atoms with Crippen LogP contribution in [0, 0.1) is 0 Å². The Labute approximate surface area is 135 Å². The van der Waals surface area contributed by atoms with Crippen LogP contribution in [0.3, 0.4) is 0 Å². The third kappa shape index (κ3) is 3.64. The number of hydrogen-bond donors (Lipinski definition) is 0. The van der Waals surface area contributed by atoms with Crippen LogP contribution in [-0.2, 0) is 4.74 Å². The third-order valence-corrected chi connectivity index (χ3v) is 4.03. The van der Waals surface area contributed by atoms with Crippen LogP contribution in [0.5, 0.6) is 0 Å². The summed E-state index contributed by atoms with van der Waals surface area (Å²) in [4.78, 5) is 26.7. The lowest BCUT2D eigenvalue weighted by atomic mass is 9.94. The fourth-order valence-corrected chi connectivity index (χ4v) is 2.88. The summed E-state index contributed by atoms with van der Waals surface area (Å²) in [7, 11) is 0. The van der Waals surface area contributed by atoms with Gasteiger partial charge in [-0.3, -0.25) is 0 Å². The molecule has 0 aliphatic carbocycles. The molecule has 1 fully saturated rings. The molecule has 0 unspecified atom stereocenters. The molecule has 1 aliphatic rings. The minimum absolute atomic E-state index is 0.330. The summed E-state index contributed by atoms with van der Waals surface area (Å²) in [6, 6.07) is 5.63. The van der Waals surface area contributed by atoms with E-state index >= 15 is 0 Å². The van der Waals surface area contributed by atoms with Crippen LogP contribution < -0.4 is 4.90 Å². The van der Waals surface area contributed by atoms with Gasteiger partial charge in [0.1, 0.15) is 12.1 Å². The van der Waals surface area contributed by atoms with Crippen molar-refractivity contribution in [3.63, 3.8) is 0 Å². The maximum absolute atomic E-state index is 11.7. The number of esters is 1. The Morgan fingerprint density at radius 3 is 2.96 bits per heavy atom. The largest absolute Gasteiger partial charge is 0.462 e. The van der Waals surface area contributed by atoms with Crippen LogP contribution >= 0.6 is 0 Å². The van der Waals surface area contributed by atoms with Crippen molar-refractivity contribution in [1.82, 2.24) is 15.0 Å². The number of anilines is 1. The van der Waals surface area contributed by atoms with Gasteiger partial charge in [-0.15, -0.1) is 0 Å². The highest BCUT2D eigenvalue weighted by Crippen LogP contribution is 2.27. The second kappa shape index (κ2) is 7.17. The van der Waals surface area contributed by atoms with E-state index in [0.717, 1.165) is 37.4 Å². The molecule has 3 rings (SSSR count). The molecule has 0 amide bonds. The average molecular weight is 312 g/mol. The third-order valence-electron chi connectivity index (χ3n) is 4.03. The van der Waals surface area contributed by atoms with Gasteiger partial charge in [-0.2, -0.15) is 0 Å². The number of ether oxygens (including phenoxy) is 1. The van der Waals surface area contributed by atoms with Gasteiger partial charge in [0.25, 0.3) is 0 Å². The molecule has 3 heterocycles. The van der Waals surface area contributed by atoms with Crippen molar-refractivity contribution >= 4 is 11.8 Å². The van der Waals surface area contributed by atoms with Crippen molar-refractivity contribution in [2.75, 3.05) is 24.6 Å². The van der Waals surface area contributed by atoms with E-state index in [0.29, 0.717) is 18.1 Å². The molecular formula is C17H20N4O2. The minimum Gasteiger partial charge on any atom is -0.462 e. The fraction of sp³-hybridized carbons (Fsp3) is 0.412. The van der Waals surface area contributed by atoms with Gasteiger partial charge in [0.2, 0.25) is 0 Å². The number of hydrogen-bond acceptors (Lipinski definition) is 6. The molecule has 6 nitrogen and oxygen atoms in total. The summed E-state index contributed by atoms with van der Waals surface area (Å²) in [5.74, 6) is 0.944. The Kier molecular flexibility index (Phi) is 4.80. The number of aromatic nitrogens is 3. The first-order valence-corrected chi connectivity index (χ1v) is 7.92. The van der Waals surface area contributed by atoms with Gasteiger partial charge < -0.3 is 9.64 Å². The van der Waals surface area contributed by atoms with Crippen molar-refractivity contribution in [2.24, 2.45) is 0 Å². The highest BCUT2D eigenvalue weighted by atomic mass is 16.5. The van der Waals surface area contributed by atoms with Crippen LogP contribution in [0.25, 0.3) is 0 Å². The Balaban J connectivity index is 1.70. The molecule has 0 aromatic carbocycles. The lowest BCUT2D eigenvalue weighted by Gasteiger charge is -2.33. The number of nitrogens with zero attached hydrogens (tertiary/aromatic N) is 4. The van der Waals surface area contributed by atoms with Crippen molar-refractivity contribution in [1.29, 1.82) is 0 Å². The van der Waals surface area contributed by atoms with E-state index in [-0.39, 0.29) is 5.97 Å². The highest BCUT2D eigenvalue weighted by Gasteiger charge is 2.23. The van der Waals surface area contributed by atoms with Crippen molar-refractivity contribution < 1.29 is 9.53 Å². The Bertz CT molecular complexity index is 645. The highest BCUT2D eigenvalue weighted by molar-refractivity contribution is 5.89. The maximum Gasteiger partial charge on any atom is 0.339 e. The zero-order chi connectivity index (χ0) is 16.1. The van der Waals surface area contributed by atoms with E-state index in [1.165, 1.54) is 0 Å². The average Bonchev–Trinajstić information content (AvgIpc) is 2.63. The zero-order valence-electron chi connectivity index (χ0n) is 13.2. The van der Waals surface area contributed by atoms with Gasteiger partial charge in [0, 0.05) is 37.1 Å². The molecule has 6 heteroatoms. The van der Waals surface area contributed by atoms with Gasteiger partial charge in [0.15, 0.2) is 0 Å². The predicted octanol–water partition coefficient (Wildman–Crippen LogP) is 2.43. The first kappa shape index (κ1) is 15.4. The summed E-state index contributed by atoms with van der Waals surface area (Å²) < 4.78 is 4.98. The second-order valence-electron chi connectivity index (χ2n) is 5.54. The SMILES string of the molecule is CCOC(=O)c1ccc(N2CCC[C@H](c3ccncn3)C2)nc1. The number of carbonyl (C=O) groups excluding carboxylic acids is 1. The molecule has 0 radical (unpaired) electrons. The molecular weight excluding hydrogens is 292 g/mol. The topological polar surface area (TPSA) is 68.2 Å². The van der Waals surface area contributed by atoms with Gasteiger partial charge >= 0.3 is 5.97 Å². The lowest BCUT2D eigenvalue weighted by molar-refractivity contribution is 0.0526. The summed E-state index contributed by atoms with van der Waals surface area (Å²) >= 11 is 0. The van der Waals surface area contributed by atoms with Crippen LogP contribution in [-0.4, -0.2) is 40.6 Å². The first-order valence-electron chi connectivity index (χ1n) is 7.92. The van der Waals surface area contributed by atoms with Gasteiger partial charge in [0.05, 0.1) is 12.2 Å². The minimum atomic E-state index is -0.330. The van der Waals surface area contributed by atoms with E-state index in [4.69, 9.17) is 4.74 Å². The molecule has 0 spiro atoms. The number of carbonyl (C=O) groups is 1. The maximum atomic E-state index is 11.7. The number of pyridine rings is 1. The summed E-state index contributed by atoms with van der Waals surface area (Å²) in [5.41, 5.74) is 1.56. The Morgan fingerprint density at radius 2 is 2.26 bits per heavy atom. The van der Waals surface area contributed by atoms with Gasteiger partial charge in [-0.25, -0.2) is 19.7 Å². The number of piperidine rings is 1. The van der Waals surface area contributed by atoms with E-state index in [1.54, 1.807) is 31.7 Å². The molecule has 1 atom stereocenters. The molecule has 2 aromatic heterocycles. The molecule has 1 saturated heterocycles. The van der Waals surface area contributed by atoms with E-state index in [2.05, 4.69) is 19.9 Å². The summed E-state index contributed by atoms with van der Waals surface area (Å²) in [5, 5.41) is 0. The van der Waals surface area contributed by atoms with E-state index in [1.807, 2.05) is 12.1 Å². The van der Waals surface area contributed by atoms with Crippen LogP contribution in [0.1, 0.15) is 41.7 Å². The predicted molar refractivity (Wildman–Crippen MR) is 86.4 cm³/mol. The van der Waals surface area contributed by atoms with Crippen LogP contribution in [0.15, 0.2) is 36.9 Å². The van der Waals surface area contributed by atoms with E-state index < -0.39 is 0 Å². The van der Waals surface area contributed by atoms with Gasteiger partial charge in [-0.1, -0.05) is 0 Å². The van der Waals surface area contributed by atoms with Crippen LogP contribution in [0.2, 0.25) is 0 Å². The zero-order valence-corrected chi connectivity index (χ0v) is 13.2. The first-order chi connectivity index (χ1) is 11.3. The quantitative estimate of drug-likeness (QED) is 0.808. The summed E-state index contributed by atoms with van der Waals surface area (Å²) in [6.07, 6.45) is 7.18. The second-order valence-corrected chi connectivity index (χ2v) is 5.54. The normalized spacial score (nSPS) is 17.8. The standard InChI is InChI=1S/C17H20N4O2/c1-2-23-17(22)13-5-6-16(19-10-13)21-9-3-4-14(11-21)15-7-8-18-12-20-15/h5-8,10,12,14H,2-4,9,11H2,1H3/t14-/m0/s1. The van der Waals surface area contributed by atoms with Crippen molar-refractivity contribution in [3.05, 3.63) is 48.2 Å². The monoisotopic (exact) mass is 312 g/mol. The fourth-order valence-electron chi connectivity index (χ4n) is 2.88. The summed E-state index contributed by atoms with van der Waals surface area (Å²) in [6.45, 7) is 4.00. The van der Waals surface area contributed by atoms with Crippen molar-refractivity contribution in [3.8, 4) is 0 Å². The molecule has 120 valence electrons. The number of rotatable bonds is 4. The smallest absolute Gasteiger partial charge is 0.339 e. The molecule has 2 aromatic rings. The van der Waals surface area contributed by atoms with E-state index in [9.17, 15) is 4.79 Å².